The van der Waals surface area contributed by atoms with Crippen LogP contribution in [0.1, 0.15) is 26.3 Å². The molecule has 0 N–H and O–H groups in total. The molecule has 258 valence electrons. The molecule has 0 amide bonds. The molecular formula is C48H35N5O. The Morgan fingerprint density at radius 2 is 1.07 bits per heavy atom. The average Bonchev–Trinajstić information content (AvgIpc) is 3.76. The van der Waals surface area contributed by atoms with E-state index in [0.29, 0.717) is 23.2 Å². The van der Waals surface area contributed by atoms with Gasteiger partial charge in [0.15, 0.2) is 17.5 Å². The molecule has 0 aliphatic rings. The van der Waals surface area contributed by atoms with Gasteiger partial charge in [-0.25, -0.2) is 15.0 Å². The largest absolute Gasteiger partial charge is 0.456 e. The van der Waals surface area contributed by atoms with Gasteiger partial charge >= 0.3 is 0 Å². The number of aromatic nitrogens is 5. The molecule has 10 aromatic rings. The van der Waals surface area contributed by atoms with E-state index in [1.54, 1.807) is 0 Å². The van der Waals surface area contributed by atoms with E-state index in [0.717, 1.165) is 60.9 Å². The predicted molar refractivity (Wildman–Crippen MR) is 220 cm³/mol. The van der Waals surface area contributed by atoms with Crippen molar-refractivity contribution in [3.8, 4) is 51.1 Å². The smallest absolute Gasteiger partial charge is 0.182 e. The van der Waals surface area contributed by atoms with Crippen molar-refractivity contribution in [3.05, 3.63) is 163 Å². The standard InChI is InChI=1S/C48H35N5O/c1-48(2,3)34-21-17-31(18-22-34)46-50-45(30-11-5-4-6-12-30)51-47(52-46)40-29-35(25-26-49-40)53-41-15-9-7-13-36(41)37-23-19-33(28-42(37)53)32-20-24-44-39(27-32)38-14-8-10-16-43(38)54-44/h4-29H,1-3H3. The first kappa shape index (κ1) is 31.8. The van der Waals surface area contributed by atoms with Crippen molar-refractivity contribution in [1.82, 2.24) is 24.5 Å². The van der Waals surface area contributed by atoms with Crippen LogP contribution in [0, 0.1) is 0 Å². The highest BCUT2D eigenvalue weighted by Crippen LogP contribution is 2.38. The van der Waals surface area contributed by atoms with Crippen LogP contribution in [-0.2, 0) is 5.41 Å². The fourth-order valence-electron chi connectivity index (χ4n) is 7.47. The van der Waals surface area contributed by atoms with E-state index in [2.05, 4.69) is 135 Å². The molecule has 0 bridgehead atoms. The molecule has 0 saturated heterocycles. The Bertz CT molecular complexity index is 3020. The summed E-state index contributed by atoms with van der Waals surface area (Å²) in [6.07, 6.45) is 1.84. The van der Waals surface area contributed by atoms with Gasteiger partial charge in [-0.1, -0.05) is 130 Å². The third kappa shape index (κ3) is 5.42. The molecule has 0 fully saturated rings. The second-order valence-electron chi connectivity index (χ2n) is 14.8. The fraction of sp³-hybridized carbons (Fsp3) is 0.0833. The van der Waals surface area contributed by atoms with Crippen LogP contribution in [-0.4, -0.2) is 24.5 Å². The zero-order valence-electron chi connectivity index (χ0n) is 30.2. The Hall–Kier alpha value is -6.92. The zero-order chi connectivity index (χ0) is 36.4. The van der Waals surface area contributed by atoms with E-state index in [1.165, 1.54) is 16.3 Å². The summed E-state index contributed by atoms with van der Waals surface area (Å²) in [6, 6.07) is 52.6. The minimum atomic E-state index is 0.0399. The maximum Gasteiger partial charge on any atom is 0.182 e. The monoisotopic (exact) mass is 697 g/mol. The quantitative estimate of drug-likeness (QED) is 0.179. The number of hydrogen-bond acceptors (Lipinski definition) is 5. The SMILES string of the molecule is CC(C)(C)c1ccc(-c2nc(-c3ccccc3)nc(-c3cc(-n4c5ccccc5c5ccc(-c6ccc7oc8ccccc8c7c6)cc54)ccn3)n2)cc1. The Morgan fingerprint density at radius 1 is 0.463 bits per heavy atom. The van der Waals surface area contributed by atoms with E-state index >= 15 is 0 Å². The van der Waals surface area contributed by atoms with Gasteiger partial charge < -0.3 is 8.98 Å². The van der Waals surface area contributed by atoms with E-state index in [-0.39, 0.29) is 5.41 Å². The minimum Gasteiger partial charge on any atom is -0.456 e. The maximum absolute atomic E-state index is 6.14. The molecule has 6 nitrogen and oxygen atoms in total. The second-order valence-corrected chi connectivity index (χ2v) is 14.8. The lowest BCUT2D eigenvalue weighted by Gasteiger charge is -2.19. The number of nitrogens with zero attached hydrogens (tertiary/aromatic N) is 5. The van der Waals surface area contributed by atoms with Crippen LogP contribution in [0.15, 0.2) is 162 Å². The van der Waals surface area contributed by atoms with Crippen molar-refractivity contribution >= 4 is 43.7 Å². The van der Waals surface area contributed by atoms with Crippen molar-refractivity contribution in [2.75, 3.05) is 0 Å². The van der Waals surface area contributed by atoms with Gasteiger partial charge in [-0.15, -0.1) is 0 Å². The van der Waals surface area contributed by atoms with Crippen LogP contribution in [0.2, 0.25) is 0 Å². The summed E-state index contributed by atoms with van der Waals surface area (Å²) >= 11 is 0. The molecule has 54 heavy (non-hydrogen) atoms. The lowest BCUT2D eigenvalue weighted by molar-refractivity contribution is 0.590. The van der Waals surface area contributed by atoms with Crippen LogP contribution < -0.4 is 0 Å². The second kappa shape index (κ2) is 12.3. The van der Waals surface area contributed by atoms with Gasteiger partial charge in [0, 0.05) is 44.6 Å². The van der Waals surface area contributed by atoms with Gasteiger partial charge in [-0.05, 0) is 64.6 Å². The number of rotatable bonds is 5. The molecule has 0 saturated carbocycles. The number of fused-ring (bicyclic) bond motifs is 6. The fourth-order valence-corrected chi connectivity index (χ4v) is 7.47. The van der Waals surface area contributed by atoms with Gasteiger partial charge in [-0.2, -0.15) is 0 Å². The number of para-hydroxylation sites is 2. The minimum absolute atomic E-state index is 0.0399. The summed E-state index contributed by atoms with van der Waals surface area (Å²) in [4.78, 5) is 19.8. The average molecular weight is 698 g/mol. The highest BCUT2D eigenvalue weighted by atomic mass is 16.3. The normalized spacial score (nSPS) is 12.0. The van der Waals surface area contributed by atoms with Crippen LogP contribution in [0.25, 0.3) is 94.9 Å². The molecule has 0 spiro atoms. The third-order valence-corrected chi connectivity index (χ3v) is 10.3. The molecule has 0 radical (unpaired) electrons. The molecule has 0 unspecified atom stereocenters. The summed E-state index contributed by atoms with van der Waals surface area (Å²) in [6.45, 7) is 6.65. The van der Waals surface area contributed by atoms with Crippen molar-refractivity contribution in [3.63, 3.8) is 0 Å². The van der Waals surface area contributed by atoms with Crippen molar-refractivity contribution in [2.24, 2.45) is 0 Å². The highest BCUT2D eigenvalue weighted by Gasteiger charge is 2.19. The Labute approximate surface area is 312 Å². The first-order chi connectivity index (χ1) is 26.4. The van der Waals surface area contributed by atoms with Crippen molar-refractivity contribution < 1.29 is 4.42 Å². The number of hydrogen-bond donors (Lipinski definition) is 0. The van der Waals surface area contributed by atoms with Crippen molar-refractivity contribution in [2.45, 2.75) is 26.2 Å². The zero-order valence-corrected chi connectivity index (χ0v) is 30.2. The summed E-state index contributed by atoms with van der Waals surface area (Å²) in [7, 11) is 0. The summed E-state index contributed by atoms with van der Waals surface area (Å²) in [5.41, 5.74) is 11.0. The first-order valence-electron chi connectivity index (χ1n) is 18.2. The van der Waals surface area contributed by atoms with Crippen LogP contribution in [0.5, 0.6) is 0 Å². The molecule has 4 heterocycles. The maximum atomic E-state index is 6.14. The van der Waals surface area contributed by atoms with Crippen molar-refractivity contribution in [1.29, 1.82) is 0 Å². The Balaban J connectivity index is 1.13. The molecule has 4 aromatic heterocycles. The predicted octanol–water partition coefficient (Wildman–Crippen LogP) is 12.2. The third-order valence-electron chi connectivity index (χ3n) is 10.3. The van der Waals surface area contributed by atoms with Gasteiger partial charge in [-0.3, -0.25) is 4.98 Å². The number of pyridine rings is 1. The first-order valence-corrected chi connectivity index (χ1v) is 18.2. The van der Waals surface area contributed by atoms with Gasteiger partial charge in [0.25, 0.3) is 0 Å². The molecule has 0 aliphatic carbocycles. The molecule has 0 atom stereocenters. The van der Waals surface area contributed by atoms with Crippen LogP contribution in [0.4, 0.5) is 0 Å². The summed E-state index contributed by atoms with van der Waals surface area (Å²) < 4.78 is 8.45. The molecule has 0 aliphatic heterocycles. The molecule has 6 heteroatoms. The number of furan rings is 1. The van der Waals surface area contributed by atoms with Gasteiger partial charge in [0.2, 0.25) is 0 Å². The van der Waals surface area contributed by atoms with Gasteiger partial charge in [0.1, 0.15) is 16.9 Å². The van der Waals surface area contributed by atoms with Crippen LogP contribution in [0.3, 0.4) is 0 Å². The van der Waals surface area contributed by atoms with E-state index in [1.807, 2.05) is 48.7 Å². The molecule has 6 aromatic carbocycles. The Kier molecular flexibility index (Phi) is 7.27. The van der Waals surface area contributed by atoms with E-state index in [9.17, 15) is 0 Å². The number of benzene rings is 6. The molecular weight excluding hydrogens is 663 g/mol. The Morgan fingerprint density at radius 3 is 1.87 bits per heavy atom. The van der Waals surface area contributed by atoms with Crippen LogP contribution >= 0.6 is 0 Å². The summed E-state index contributed by atoms with van der Waals surface area (Å²) in [5, 5.41) is 4.59. The highest BCUT2D eigenvalue weighted by molar-refractivity contribution is 6.11. The topological polar surface area (TPSA) is 69.6 Å². The summed E-state index contributed by atoms with van der Waals surface area (Å²) in [5.74, 6) is 1.73. The van der Waals surface area contributed by atoms with Gasteiger partial charge in [0.05, 0.1) is 11.0 Å². The molecule has 10 rings (SSSR count). The lowest BCUT2D eigenvalue weighted by Crippen LogP contribution is -2.10. The van der Waals surface area contributed by atoms with E-state index < -0.39 is 0 Å². The van der Waals surface area contributed by atoms with E-state index in [4.69, 9.17) is 24.4 Å². The lowest BCUT2D eigenvalue weighted by atomic mass is 9.87.